The van der Waals surface area contributed by atoms with Crippen LogP contribution in [0.5, 0.6) is 11.5 Å². The second-order valence-electron chi connectivity index (χ2n) is 6.93. The number of halogens is 1. The third kappa shape index (κ3) is 3.68. The molecule has 7 nitrogen and oxygen atoms in total. The average molecular weight is 446 g/mol. The highest BCUT2D eigenvalue weighted by atomic mass is 35.5. The van der Waals surface area contributed by atoms with Crippen molar-refractivity contribution < 1.29 is 17.9 Å². The number of hydrazone groups is 1. The van der Waals surface area contributed by atoms with Crippen molar-refractivity contribution in [1.82, 2.24) is 9.40 Å². The molecule has 1 aromatic heterocycles. The van der Waals surface area contributed by atoms with Crippen molar-refractivity contribution >= 4 is 38.2 Å². The van der Waals surface area contributed by atoms with Gasteiger partial charge in [-0.2, -0.15) is 9.52 Å². The van der Waals surface area contributed by atoms with Gasteiger partial charge in [0.2, 0.25) is 10.0 Å². The zero-order chi connectivity index (χ0) is 21.5. The molecule has 4 rings (SSSR count). The number of pyridine rings is 1. The molecular weight excluding hydrogens is 426 g/mol. The number of rotatable bonds is 5. The van der Waals surface area contributed by atoms with Crippen molar-refractivity contribution in [2.24, 2.45) is 5.10 Å². The quantitative estimate of drug-likeness (QED) is 0.554. The van der Waals surface area contributed by atoms with Crippen molar-refractivity contribution in [3.05, 3.63) is 64.8 Å². The monoisotopic (exact) mass is 445 g/mol. The van der Waals surface area contributed by atoms with Gasteiger partial charge in [-0.05, 0) is 24.3 Å². The molecule has 0 bridgehead atoms. The number of methoxy groups -OCH3 is 2. The summed E-state index contributed by atoms with van der Waals surface area (Å²) in [6.07, 6.45) is 1.49. The van der Waals surface area contributed by atoms with Crippen LogP contribution < -0.4 is 9.47 Å². The van der Waals surface area contributed by atoms with Gasteiger partial charge in [0.1, 0.15) is 22.2 Å². The Labute approximate surface area is 179 Å². The van der Waals surface area contributed by atoms with Crippen molar-refractivity contribution in [3.8, 4) is 11.5 Å². The van der Waals surface area contributed by atoms with Crippen molar-refractivity contribution in [2.45, 2.75) is 12.5 Å². The van der Waals surface area contributed by atoms with Gasteiger partial charge in [0.15, 0.2) is 0 Å². The molecule has 9 heteroatoms. The minimum atomic E-state index is -3.64. The summed E-state index contributed by atoms with van der Waals surface area (Å²) in [7, 11) is -0.492. The molecule has 0 fully saturated rings. The summed E-state index contributed by atoms with van der Waals surface area (Å²) in [5.41, 5.74) is 2.62. The van der Waals surface area contributed by atoms with Gasteiger partial charge in [-0.1, -0.05) is 35.9 Å². The molecule has 0 radical (unpaired) electrons. The SMILES string of the molecule is COc1cccc(C2=NN(S(C)(=O)=O)[C@H](c3cc4cccc(OC)c4nc3Cl)C2)c1. The van der Waals surface area contributed by atoms with Crippen LogP contribution in [0.15, 0.2) is 53.6 Å². The Morgan fingerprint density at radius 2 is 1.87 bits per heavy atom. The normalized spacial score (nSPS) is 16.6. The highest BCUT2D eigenvalue weighted by molar-refractivity contribution is 7.88. The Balaban J connectivity index is 1.81. The van der Waals surface area contributed by atoms with Gasteiger partial charge < -0.3 is 9.47 Å². The molecular formula is C21H20ClN3O4S. The maximum absolute atomic E-state index is 12.5. The first-order valence-electron chi connectivity index (χ1n) is 9.16. The predicted molar refractivity (Wildman–Crippen MR) is 117 cm³/mol. The third-order valence-corrected chi connectivity index (χ3v) is 6.30. The van der Waals surface area contributed by atoms with Crippen LogP contribution in [0.4, 0.5) is 0 Å². The Bertz CT molecular complexity index is 1260. The second-order valence-corrected chi connectivity index (χ2v) is 9.13. The van der Waals surface area contributed by atoms with Gasteiger partial charge in [0.25, 0.3) is 0 Å². The van der Waals surface area contributed by atoms with E-state index in [4.69, 9.17) is 21.1 Å². The molecule has 1 aliphatic heterocycles. The highest BCUT2D eigenvalue weighted by Gasteiger charge is 2.36. The largest absolute Gasteiger partial charge is 0.497 e. The van der Waals surface area contributed by atoms with Gasteiger partial charge in [-0.15, -0.1) is 0 Å². The lowest BCUT2D eigenvalue weighted by molar-refractivity contribution is 0.374. The lowest BCUT2D eigenvalue weighted by atomic mass is 9.99. The predicted octanol–water partition coefficient (Wildman–Crippen LogP) is 4.02. The fourth-order valence-corrected chi connectivity index (χ4v) is 4.73. The first-order chi connectivity index (χ1) is 14.3. The Hall–Kier alpha value is -2.84. The number of fused-ring (bicyclic) bond motifs is 1. The van der Waals surface area contributed by atoms with E-state index in [2.05, 4.69) is 10.1 Å². The summed E-state index contributed by atoms with van der Waals surface area (Å²) in [5.74, 6) is 1.27. The number of benzene rings is 2. The van der Waals surface area contributed by atoms with Crippen molar-refractivity contribution in [1.29, 1.82) is 0 Å². The molecule has 0 amide bonds. The van der Waals surface area contributed by atoms with Gasteiger partial charge in [0, 0.05) is 22.9 Å². The fraction of sp³-hybridized carbons (Fsp3) is 0.238. The van der Waals surface area contributed by atoms with Crippen LogP contribution in [0.25, 0.3) is 10.9 Å². The van der Waals surface area contributed by atoms with Crippen molar-refractivity contribution in [2.75, 3.05) is 20.5 Å². The first-order valence-corrected chi connectivity index (χ1v) is 11.4. The van der Waals surface area contributed by atoms with E-state index < -0.39 is 16.1 Å². The molecule has 0 N–H and O–H groups in total. The van der Waals surface area contributed by atoms with E-state index in [1.165, 1.54) is 0 Å². The van der Waals surface area contributed by atoms with Gasteiger partial charge in [-0.25, -0.2) is 13.4 Å². The molecule has 1 aliphatic rings. The number of nitrogens with zero attached hydrogens (tertiary/aromatic N) is 3. The minimum absolute atomic E-state index is 0.216. The number of hydrogen-bond donors (Lipinski definition) is 0. The second kappa shape index (κ2) is 7.77. The zero-order valence-electron chi connectivity index (χ0n) is 16.7. The summed E-state index contributed by atoms with van der Waals surface area (Å²) in [6.45, 7) is 0. The summed E-state index contributed by atoms with van der Waals surface area (Å²) < 4.78 is 36.8. The molecule has 0 aliphatic carbocycles. The van der Waals surface area contributed by atoms with E-state index in [1.54, 1.807) is 20.3 Å². The Morgan fingerprint density at radius 1 is 1.10 bits per heavy atom. The standard InChI is InChI=1S/C21H20ClN3O4S/c1-28-15-8-4-6-13(10-15)17-12-18(25(24-17)30(3,26)27)16-11-14-7-5-9-19(29-2)20(14)23-21(16)22/h4-11,18H,12H2,1-3H3/t18-/m0/s1. The molecule has 156 valence electrons. The molecule has 1 atom stereocenters. The molecule has 0 saturated carbocycles. The maximum atomic E-state index is 12.5. The highest BCUT2D eigenvalue weighted by Crippen LogP contribution is 2.39. The van der Waals surface area contributed by atoms with Crippen LogP contribution in [-0.4, -0.2) is 44.0 Å². The van der Waals surface area contributed by atoms with Gasteiger partial charge in [0.05, 0.1) is 32.2 Å². The number of ether oxygens (including phenoxy) is 2. The van der Waals surface area contributed by atoms with Crippen LogP contribution in [0.3, 0.4) is 0 Å². The van der Waals surface area contributed by atoms with Crippen LogP contribution >= 0.6 is 11.6 Å². The van der Waals surface area contributed by atoms with Crippen LogP contribution in [0.1, 0.15) is 23.6 Å². The Morgan fingerprint density at radius 3 is 2.57 bits per heavy atom. The van der Waals surface area contributed by atoms with E-state index in [1.807, 2.05) is 42.5 Å². The molecule has 0 spiro atoms. The molecule has 2 aromatic carbocycles. The summed E-state index contributed by atoms with van der Waals surface area (Å²) in [4.78, 5) is 4.48. The van der Waals surface area contributed by atoms with Gasteiger partial charge in [-0.3, -0.25) is 0 Å². The van der Waals surface area contributed by atoms with Crippen LogP contribution in [0.2, 0.25) is 5.15 Å². The number of sulfonamides is 1. The lowest BCUT2D eigenvalue weighted by Gasteiger charge is -2.22. The van der Waals surface area contributed by atoms with E-state index in [0.29, 0.717) is 34.7 Å². The fourth-order valence-electron chi connectivity index (χ4n) is 3.57. The van der Waals surface area contributed by atoms with Gasteiger partial charge >= 0.3 is 0 Å². The Kier molecular flexibility index (Phi) is 5.29. The van der Waals surface area contributed by atoms with Crippen LogP contribution in [-0.2, 0) is 10.0 Å². The van der Waals surface area contributed by atoms with E-state index in [-0.39, 0.29) is 5.15 Å². The van der Waals surface area contributed by atoms with Crippen LogP contribution in [0, 0.1) is 0 Å². The molecule has 0 unspecified atom stereocenters. The number of hydrogen-bond acceptors (Lipinski definition) is 6. The molecule has 0 saturated heterocycles. The summed E-state index contributed by atoms with van der Waals surface area (Å²) in [5, 5.41) is 5.43. The number of aromatic nitrogens is 1. The molecule has 3 aromatic rings. The minimum Gasteiger partial charge on any atom is -0.497 e. The molecule has 30 heavy (non-hydrogen) atoms. The summed E-state index contributed by atoms with van der Waals surface area (Å²) in [6, 6.07) is 14.1. The maximum Gasteiger partial charge on any atom is 0.247 e. The smallest absolute Gasteiger partial charge is 0.247 e. The van der Waals surface area contributed by atoms with E-state index in [9.17, 15) is 8.42 Å². The van der Waals surface area contributed by atoms with Crippen molar-refractivity contribution in [3.63, 3.8) is 0 Å². The molecule has 2 heterocycles. The topological polar surface area (TPSA) is 81.1 Å². The third-order valence-electron chi connectivity index (χ3n) is 4.98. The first kappa shape index (κ1) is 20.4. The average Bonchev–Trinajstić information content (AvgIpc) is 3.19. The lowest BCUT2D eigenvalue weighted by Crippen LogP contribution is -2.26. The zero-order valence-corrected chi connectivity index (χ0v) is 18.2. The summed E-state index contributed by atoms with van der Waals surface area (Å²) >= 11 is 6.51. The number of para-hydroxylation sites is 1. The van der Waals surface area contributed by atoms with E-state index >= 15 is 0 Å². The van der Waals surface area contributed by atoms with E-state index in [0.717, 1.165) is 21.6 Å².